The minimum atomic E-state index is -3.69. The summed E-state index contributed by atoms with van der Waals surface area (Å²) in [6, 6.07) is 23.6. The van der Waals surface area contributed by atoms with Crippen LogP contribution in [0.25, 0.3) is 0 Å². The van der Waals surface area contributed by atoms with Crippen LogP contribution in [0.5, 0.6) is 0 Å². The van der Waals surface area contributed by atoms with Gasteiger partial charge < -0.3 is 5.32 Å². The molecular weight excluding hydrogens is 420 g/mol. The SMILES string of the molecule is CC[C@H](C(=O)N[C@@H](c1ccccc1)c1ccc(C)cc1)N(c1ccc(C)cc1)S(C)(=O)=O. The van der Waals surface area contributed by atoms with E-state index in [0.717, 1.165) is 28.5 Å². The van der Waals surface area contributed by atoms with Crippen molar-refractivity contribution >= 4 is 21.6 Å². The van der Waals surface area contributed by atoms with Crippen molar-refractivity contribution in [1.29, 1.82) is 0 Å². The number of nitrogens with one attached hydrogen (secondary N) is 1. The largest absolute Gasteiger partial charge is 0.343 e. The Morgan fingerprint density at radius 1 is 0.844 bits per heavy atom. The number of amides is 1. The minimum absolute atomic E-state index is 0.336. The third-order valence-corrected chi connectivity index (χ3v) is 6.63. The Morgan fingerprint density at radius 3 is 1.84 bits per heavy atom. The van der Waals surface area contributed by atoms with Gasteiger partial charge in [0.1, 0.15) is 6.04 Å². The van der Waals surface area contributed by atoms with Crippen molar-refractivity contribution in [1.82, 2.24) is 5.32 Å². The predicted molar refractivity (Wildman–Crippen MR) is 130 cm³/mol. The lowest BCUT2D eigenvalue weighted by Crippen LogP contribution is -2.50. The van der Waals surface area contributed by atoms with Gasteiger partial charge in [-0.2, -0.15) is 0 Å². The Hall–Kier alpha value is -3.12. The van der Waals surface area contributed by atoms with Gasteiger partial charge in [0.2, 0.25) is 15.9 Å². The summed E-state index contributed by atoms with van der Waals surface area (Å²) >= 11 is 0. The first-order valence-electron chi connectivity index (χ1n) is 10.7. The molecule has 168 valence electrons. The molecule has 3 rings (SSSR count). The van der Waals surface area contributed by atoms with Gasteiger partial charge in [-0.05, 0) is 43.5 Å². The third-order valence-electron chi connectivity index (χ3n) is 5.45. The molecule has 0 spiro atoms. The molecule has 0 saturated heterocycles. The number of hydrogen-bond donors (Lipinski definition) is 1. The second-order valence-corrected chi connectivity index (χ2v) is 9.94. The van der Waals surface area contributed by atoms with Crippen LogP contribution < -0.4 is 9.62 Å². The molecule has 3 aromatic carbocycles. The lowest BCUT2D eigenvalue weighted by molar-refractivity contribution is -0.122. The molecule has 0 fully saturated rings. The van der Waals surface area contributed by atoms with Gasteiger partial charge >= 0.3 is 0 Å². The van der Waals surface area contributed by atoms with Crippen molar-refractivity contribution in [2.75, 3.05) is 10.6 Å². The van der Waals surface area contributed by atoms with E-state index in [2.05, 4.69) is 5.32 Å². The number of aryl methyl sites for hydroxylation is 2. The second-order valence-electron chi connectivity index (χ2n) is 8.08. The van der Waals surface area contributed by atoms with Gasteiger partial charge in [0.15, 0.2) is 0 Å². The molecule has 0 aliphatic rings. The van der Waals surface area contributed by atoms with Crippen molar-refractivity contribution in [2.45, 2.75) is 39.3 Å². The van der Waals surface area contributed by atoms with Gasteiger partial charge in [-0.3, -0.25) is 9.10 Å². The predicted octanol–water partition coefficient (Wildman–Crippen LogP) is 4.75. The smallest absolute Gasteiger partial charge is 0.244 e. The van der Waals surface area contributed by atoms with E-state index in [4.69, 9.17) is 0 Å². The Kier molecular flexibility index (Phi) is 7.36. The Labute approximate surface area is 191 Å². The number of carbonyl (C=O) groups is 1. The molecule has 0 heterocycles. The Morgan fingerprint density at radius 2 is 1.34 bits per heavy atom. The molecule has 0 unspecified atom stereocenters. The highest BCUT2D eigenvalue weighted by molar-refractivity contribution is 7.92. The molecule has 1 N–H and O–H groups in total. The number of anilines is 1. The zero-order valence-electron chi connectivity index (χ0n) is 18.9. The van der Waals surface area contributed by atoms with Gasteiger partial charge in [0.05, 0.1) is 18.0 Å². The summed E-state index contributed by atoms with van der Waals surface area (Å²) in [6.45, 7) is 5.77. The summed E-state index contributed by atoms with van der Waals surface area (Å²) in [5, 5.41) is 3.11. The summed E-state index contributed by atoms with van der Waals surface area (Å²) in [7, 11) is -3.69. The minimum Gasteiger partial charge on any atom is -0.343 e. The average molecular weight is 451 g/mol. The van der Waals surface area contributed by atoms with Crippen LogP contribution in [-0.2, 0) is 14.8 Å². The van der Waals surface area contributed by atoms with E-state index in [0.29, 0.717) is 12.1 Å². The van der Waals surface area contributed by atoms with Crippen molar-refractivity contribution in [2.24, 2.45) is 0 Å². The van der Waals surface area contributed by atoms with Gasteiger partial charge in [-0.25, -0.2) is 8.42 Å². The Bertz CT molecular complexity index is 1140. The highest BCUT2D eigenvalue weighted by Crippen LogP contribution is 2.26. The monoisotopic (exact) mass is 450 g/mol. The van der Waals surface area contributed by atoms with Crippen molar-refractivity contribution < 1.29 is 13.2 Å². The molecule has 3 aromatic rings. The summed E-state index contributed by atoms with van der Waals surface area (Å²) in [6.07, 6.45) is 1.47. The first kappa shape index (κ1) is 23.5. The number of rotatable bonds is 8. The molecule has 1 amide bonds. The molecule has 0 aliphatic carbocycles. The molecular formula is C26H30N2O3S. The van der Waals surface area contributed by atoms with Crippen LogP contribution >= 0.6 is 0 Å². The van der Waals surface area contributed by atoms with E-state index in [9.17, 15) is 13.2 Å². The molecule has 0 radical (unpaired) electrons. The maximum Gasteiger partial charge on any atom is 0.244 e. The number of nitrogens with zero attached hydrogens (tertiary/aromatic N) is 1. The Balaban J connectivity index is 1.98. The summed E-state index contributed by atoms with van der Waals surface area (Å²) in [4.78, 5) is 13.5. The van der Waals surface area contributed by atoms with Crippen LogP contribution in [0.4, 0.5) is 5.69 Å². The van der Waals surface area contributed by atoms with Crippen molar-refractivity contribution in [3.63, 3.8) is 0 Å². The van der Waals surface area contributed by atoms with E-state index < -0.39 is 22.1 Å². The first-order chi connectivity index (χ1) is 15.2. The van der Waals surface area contributed by atoms with Crippen molar-refractivity contribution in [3.8, 4) is 0 Å². The van der Waals surface area contributed by atoms with Crippen LogP contribution in [0.1, 0.15) is 41.6 Å². The zero-order valence-corrected chi connectivity index (χ0v) is 19.8. The van der Waals surface area contributed by atoms with Gasteiger partial charge in [0.25, 0.3) is 0 Å². The number of carbonyl (C=O) groups excluding carboxylic acids is 1. The van der Waals surface area contributed by atoms with E-state index in [1.165, 1.54) is 4.31 Å². The number of sulfonamides is 1. The average Bonchev–Trinajstić information content (AvgIpc) is 2.77. The van der Waals surface area contributed by atoms with Crippen LogP contribution in [-0.4, -0.2) is 26.6 Å². The topological polar surface area (TPSA) is 66.5 Å². The lowest BCUT2D eigenvalue weighted by atomic mass is 9.97. The van der Waals surface area contributed by atoms with E-state index in [-0.39, 0.29) is 5.91 Å². The fourth-order valence-electron chi connectivity index (χ4n) is 3.75. The zero-order chi connectivity index (χ0) is 23.3. The van der Waals surface area contributed by atoms with E-state index in [1.54, 1.807) is 12.1 Å². The van der Waals surface area contributed by atoms with Gasteiger partial charge in [0, 0.05) is 0 Å². The molecule has 0 aromatic heterocycles. The molecule has 2 atom stereocenters. The summed E-state index contributed by atoms with van der Waals surface area (Å²) in [5.74, 6) is -0.340. The molecule has 32 heavy (non-hydrogen) atoms. The first-order valence-corrected chi connectivity index (χ1v) is 12.5. The second kappa shape index (κ2) is 10.0. The van der Waals surface area contributed by atoms with E-state index in [1.807, 2.05) is 87.5 Å². The fourth-order valence-corrected chi connectivity index (χ4v) is 4.97. The quantitative estimate of drug-likeness (QED) is 0.538. The van der Waals surface area contributed by atoms with Crippen molar-refractivity contribution in [3.05, 3.63) is 101 Å². The van der Waals surface area contributed by atoms with E-state index >= 15 is 0 Å². The molecule has 0 bridgehead atoms. The van der Waals surface area contributed by atoms with Gasteiger partial charge in [-0.15, -0.1) is 0 Å². The summed E-state index contributed by atoms with van der Waals surface area (Å²) in [5.41, 5.74) is 4.49. The van der Waals surface area contributed by atoms with Crippen LogP contribution in [0, 0.1) is 13.8 Å². The van der Waals surface area contributed by atoms with Crippen LogP contribution in [0.2, 0.25) is 0 Å². The summed E-state index contributed by atoms with van der Waals surface area (Å²) < 4.78 is 26.7. The standard InChI is InChI=1S/C26H30N2O3S/c1-5-24(28(32(4,30)31)23-17-13-20(3)14-18-23)26(29)27-25(21-9-7-6-8-10-21)22-15-11-19(2)12-16-22/h6-18,24-25H,5H2,1-4H3,(H,27,29)/t24-,25+/m1/s1. The van der Waals surface area contributed by atoms with Crippen LogP contribution in [0.15, 0.2) is 78.9 Å². The lowest BCUT2D eigenvalue weighted by Gasteiger charge is -2.32. The third kappa shape index (κ3) is 5.56. The normalized spacial score (nSPS) is 13.2. The highest BCUT2D eigenvalue weighted by atomic mass is 32.2. The number of hydrogen-bond acceptors (Lipinski definition) is 3. The highest BCUT2D eigenvalue weighted by Gasteiger charge is 2.33. The molecule has 0 saturated carbocycles. The molecule has 0 aliphatic heterocycles. The number of benzene rings is 3. The maximum atomic E-state index is 13.5. The molecule has 6 heteroatoms. The maximum absolute atomic E-state index is 13.5. The van der Waals surface area contributed by atoms with Crippen LogP contribution in [0.3, 0.4) is 0 Å². The van der Waals surface area contributed by atoms with Gasteiger partial charge in [-0.1, -0.05) is 84.8 Å². The fraction of sp³-hybridized carbons (Fsp3) is 0.269. The molecule has 5 nitrogen and oxygen atoms in total.